The number of ether oxygens (including phenoxy) is 1. The minimum absolute atomic E-state index is 0.166. The van der Waals surface area contributed by atoms with Crippen molar-refractivity contribution in [3.63, 3.8) is 0 Å². The standard InChI is InChI=1S/C19H20N4O3/c1-13-20-11-19(26-13)18-7-14-6-16(21-9-15(14)10-22-18)8-17(24)12-23-2-4-25-5-3-23/h6-7,9-11H,2-5,8,12H2,1H3. The van der Waals surface area contributed by atoms with Crippen LogP contribution in [0.15, 0.2) is 35.1 Å². The number of hydrogen-bond donors (Lipinski definition) is 0. The first-order valence-corrected chi connectivity index (χ1v) is 8.67. The molecular formula is C19H20N4O3. The van der Waals surface area contributed by atoms with Crippen molar-refractivity contribution in [1.29, 1.82) is 0 Å². The molecule has 0 atom stereocenters. The smallest absolute Gasteiger partial charge is 0.191 e. The van der Waals surface area contributed by atoms with Gasteiger partial charge in [0.25, 0.3) is 0 Å². The summed E-state index contributed by atoms with van der Waals surface area (Å²) in [7, 11) is 0. The minimum atomic E-state index is 0.166. The number of nitrogens with zero attached hydrogens (tertiary/aromatic N) is 4. The monoisotopic (exact) mass is 352 g/mol. The van der Waals surface area contributed by atoms with Crippen LogP contribution in [0.25, 0.3) is 22.2 Å². The van der Waals surface area contributed by atoms with Crippen molar-refractivity contribution < 1.29 is 13.9 Å². The van der Waals surface area contributed by atoms with E-state index in [1.54, 1.807) is 25.5 Å². The van der Waals surface area contributed by atoms with Gasteiger partial charge in [-0.2, -0.15) is 0 Å². The van der Waals surface area contributed by atoms with E-state index in [9.17, 15) is 4.79 Å². The Morgan fingerprint density at radius 3 is 2.65 bits per heavy atom. The lowest BCUT2D eigenvalue weighted by atomic mass is 10.1. The summed E-state index contributed by atoms with van der Waals surface area (Å²) in [5.74, 6) is 1.40. The summed E-state index contributed by atoms with van der Waals surface area (Å²) < 4.78 is 10.9. The highest BCUT2D eigenvalue weighted by molar-refractivity contribution is 5.86. The van der Waals surface area contributed by atoms with E-state index in [0.717, 1.165) is 35.2 Å². The summed E-state index contributed by atoms with van der Waals surface area (Å²) >= 11 is 0. The molecule has 0 radical (unpaired) electrons. The Labute approximate surface area is 151 Å². The molecule has 0 bridgehead atoms. The molecule has 4 heterocycles. The summed E-state index contributed by atoms with van der Waals surface area (Å²) in [6.45, 7) is 5.25. The van der Waals surface area contributed by atoms with Gasteiger partial charge < -0.3 is 9.15 Å². The van der Waals surface area contributed by atoms with Crippen LogP contribution in [0, 0.1) is 6.92 Å². The first-order valence-electron chi connectivity index (χ1n) is 8.67. The molecular weight excluding hydrogens is 332 g/mol. The second-order valence-electron chi connectivity index (χ2n) is 6.44. The van der Waals surface area contributed by atoms with Crippen LogP contribution in [-0.2, 0) is 16.0 Å². The molecule has 3 aromatic rings. The van der Waals surface area contributed by atoms with Crippen molar-refractivity contribution in [2.45, 2.75) is 13.3 Å². The van der Waals surface area contributed by atoms with Gasteiger partial charge in [-0.3, -0.25) is 19.7 Å². The molecule has 0 aliphatic carbocycles. The van der Waals surface area contributed by atoms with Gasteiger partial charge in [0.15, 0.2) is 17.4 Å². The molecule has 0 saturated carbocycles. The lowest BCUT2D eigenvalue weighted by Gasteiger charge is -2.25. The van der Waals surface area contributed by atoms with Crippen LogP contribution in [0.2, 0.25) is 0 Å². The third-order valence-corrected chi connectivity index (χ3v) is 4.42. The highest BCUT2D eigenvalue weighted by Crippen LogP contribution is 2.22. The van der Waals surface area contributed by atoms with Crippen LogP contribution in [0.4, 0.5) is 0 Å². The largest absolute Gasteiger partial charge is 0.439 e. The maximum absolute atomic E-state index is 12.3. The topological polar surface area (TPSA) is 81.4 Å². The summed E-state index contributed by atoms with van der Waals surface area (Å²) in [5, 5.41) is 1.91. The molecule has 7 heteroatoms. The Morgan fingerprint density at radius 2 is 1.88 bits per heavy atom. The summed E-state index contributed by atoms with van der Waals surface area (Å²) in [6, 6.07) is 3.88. The fraction of sp³-hybridized carbons (Fsp3) is 0.368. The van der Waals surface area contributed by atoms with Gasteiger partial charge in [0.05, 0.1) is 32.4 Å². The molecule has 0 amide bonds. The van der Waals surface area contributed by atoms with Gasteiger partial charge in [-0.05, 0) is 17.5 Å². The quantitative estimate of drug-likeness (QED) is 0.695. The normalized spacial score (nSPS) is 15.4. The van der Waals surface area contributed by atoms with Gasteiger partial charge in [0, 0.05) is 43.5 Å². The van der Waals surface area contributed by atoms with Crippen molar-refractivity contribution >= 4 is 16.6 Å². The van der Waals surface area contributed by atoms with Gasteiger partial charge in [0.1, 0.15) is 5.69 Å². The van der Waals surface area contributed by atoms with Crippen molar-refractivity contribution in [1.82, 2.24) is 19.9 Å². The lowest BCUT2D eigenvalue weighted by molar-refractivity contribution is -0.120. The van der Waals surface area contributed by atoms with E-state index < -0.39 is 0 Å². The van der Waals surface area contributed by atoms with Gasteiger partial charge >= 0.3 is 0 Å². The van der Waals surface area contributed by atoms with Crippen LogP contribution in [0.1, 0.15) is 11.6 Å². The van der Waals surface area contributed by atoms with E-state index in [1.165, 1.54) is 0 Å². The number of hydrogen-bond acceptors (Lipinski definition) is 7. The molecule has 0 spiro atoms. The fourth-order valence-electron chi connectivity index (χ4n) is 3.06. The zero-order valence-corrected chi connectivity index (χ0v) is 14.6. The van der Waals surface area contributed by atoms with Crippen LogP contribution in [0.5, 0.6) is 0 Å². The second-order valence-corrected chi connectivity index (χ2v) is 6.44. The number of aromatic nitrogens is 3. The molecule has 1 aliphatic rings. The highest BCUT2D eigenvalue weighted by atomic mass is 16.5. The molecule has 3 aromatic heterocycles. The van der Waals surface area contributed by atoms with Gasteiger partial charge in [-0.1, -0.05) is 0 Å². The van der Waals surface area contributed by atoms with Crippen LogP contribution in [0.3, 0.4) is 0 Å². The number of ketones is 1. The van der Waals surface area contributed by atoms with Crippen molar-refractivity contribution in [3.05, 3.63) is 42.3 Å². The molecule has 7 nitrogen and oxygen atoms in total. The number of pyridine rings is 2. The predicted octanol–water partition coefficient (Wildman–Crippen LogP) is 2.04. The highest BCUT2D eigenvalue weighted by Gasteiger charge is 2.15. The van der Waals surface area contributed by atoms with Crippen molar-refractivity contribution in [3.8, 4) is 11.5 Å². The van der Waals surface area contributed by atoms with Crippen LogP contribution in [-0.4, -0.2) is 58.5 Å². The van der Waals surface area contributed by atoms with Gasteiger partial charge in [-0.25, -0.2) is 4.98 Å². The van der Waals surface area contributed by atoms with E-state index >= 15 is 0 Å². The van der Waals surface area contributed by atoms with E-state index in [4.69, 9.17) is 9.15 Å². The molecule has 1 aliphatic heterocycles. The number of Topliss-reactive ketones (excluding diaryl/α,β-unsaturated/α-hetero) is 1. The predicted molar refractivity (Wildman–Crippen MR) is 95.7 cm³/mol. The first-order chi connectivity index (χ1) is 12.7. The number of carbonyl (C=O) groups excluding carboxylic acids is 1. The molecule has 26 heavy (non-hydrogen) atoms. The van der Waals surface area contributed by atoms with E-state index in [-0.39, 0.29) is 5.78 Å². The molecule has 0 unspecified atom stereocenters. The molecule has 1 saturated heterocycles. The fourth-order valence-corrected chi connectivity index (χ4v) is 3.06. The third-order valence-electron chi connectivity index (χ3n) is 4.42. The number of carbonyl (C=O) groups is 1. The molecule has 134 valence electrons. The number of fused-ring (bicyclic) bond motifs is 1. The number of rotatable bonds is 5. The average Bonchev–Trinajstić information content (AvgIpc) is 3.08. The van der Waals surface area contributed by atoms with Gasteiger partial charge in [-0.15, -0.1) is 0 Å². The second kappa shape index (κ2) is 7.31. The first kappa shape index (κ1) is 16.8. The third kappa shape index (κ3) is 3.79. The number of morpholine rings is 1. The lowest BCUT2D eigenvalue weighted by Crippen LogP contribution is -2.39. The van der Waals surface area contributed by atoms with E-state index in [2.05, 4.69) is 19.9 Å². The Morgan fingerprint density at radius 1 is 1.08 bits per heavy atom. The molecule has 0 aromatic carbocycles. The van der Waals surface area contributed by atoms with Crippen molar-refractivity contribution in [2.75, 3.05) is 32.8 Å². The Balaban J connectivity index is 1.51. The number of oxazole rings is 1. The van der Waals surface area contributed by atoms with Crippen molar-refractivity contribution in [2.24, 2.45) is 0 Å². The van der Waals surface area contributed by atoms with Crippen LogP contribution >= 0.6 is 0 Å². The zero-order valence-electron chi connectivity index (χ0n) is 14.6. The van der Waals surface area contributed by atoms with E-state index in [0.29, 0.717) is 37.8 Å². The summed E-state index contributed by atoms with van der Waals surface area (Å²) in [5.41, 5.74) is 1.48. The summed E-state index contributed by atoms with van der Waals surface area (Å²) in [6.07, 6.45) is 5.51. The average molecular weight is 352 g/mol. The summed E-state index contributed by atoms with van der Waals surface area (Å²) in [4.78, 5) is 27.4. The zero-order chi connectivity index (χ0) is 17.9. The Kier molecular flexibility index (Phi) is 4.73. The molecule has 0 N–H and O–H groups in total. The SMILES string of the molecule is Cc1ncc(-c2cc3cc(CC(=O)CN4CCOCC4)ncc3cn2)o1. The Hall–Kier alpha value is -2.64. The molecule has 4 rings (SSSR count). The maximum atomic E-state index is 12.3. The van der Waals surface area contributed by atoms with E-state index in [1.807, 2.05) is 12.1 Å². The molecule has 1 fully saturated rings. The van der Waals surface area contributed by atoms with Crippen LogP contribution < -0.4 is 0 Å². The van der Waals surface area contributed by atoms with Gasteiger partial charge in [0.2, 0.25) is 0 Å². The minimum Gasteiger partial charge on any atom is -0.439 e. The Bertz CT molecular complexity index is 931. The number of aryl methyl sites for hydroxylation is 1. The maximum Gasteiger partial charge on any atom is 0.191 e.